The van der Waals surface area contributed by atoms with Gasteiger partial charge in [-0.3, -0.25) is 4.90 Å². The van der Waals surface area contributed by atoms with Crippen LogP contribution in [0.25, 0.3) is 0 Å². The Morgan fingerprint density at radius 2 is 2.30 bits per heavy atom. The standard InChI is InChI=1S/C8H15NS/c1-5-8(2)9(3)6-7-10-4/h1,8H,6-7H2,2-4H3. The molecular formula is C8H15NS. The zero-order valence-electron chi connectivity index (χ0n) is 6.92. The quantitative estimate of drug-likeness (QED) is 0.566. The SMILES string of the molecule is C#CC(C)N(C)CCSC. The van der Waals surface area contributed by atoms with Crippen molar-refractivity contribution in [1.29, 1.82) is 0 Å². The molecule has 0 rings (SSSR count). The van der Waals surface area contributed by atoms with Gasteiger partial charge in [0.25, 0.3) is 0 Å². The summed E-state index contributed by atoms with van der Waals surface area (Å²) < 4.78 is 0. The van der Waals surface area contributed by atoms with Crippen molar-refractivity contribution in [2.24, 2.45) is 0 Å². The second-order valence-corrected chi connectivity index (χ2v) is 3.30. The Bertz CT molecular complexity index is 117. The van der Waals surface area contributed by atoms with Crippen molar-refractivity contribution >= 4 is 11.8 Å². The van der Waals surface area contributed by atoms with Crippen LogP contribution in [-0.4, -0.2) is 36.5 Å². The number of hydrogen-bond acceptors (Lipinski definition) is 2. The van der Waals surface area contributed by atoms with E-state index in [-0.39, 0.29) is 6.04 Å². The van der Waals surface area contributed by atoms with Crippen LogP contribution in [0.3, 0.4) is 0 Å². The molecule has 0 aliphatic heterocycles. The lowest BCUT2D eigenvalue weighted by Crippen LogP contribution is -2.29. The molecule has 0 saturated carbocycles. The van der Waals surface area contributed by atoms with Crippen LogP contribution in [0.2, 0.25) is 0 Å². The van der Waals surface area contributed by atoms with E-state index in [1.807, 2.05) is 18.7 Å². The monoisotopic (exact) mass is 157 g/mol. The molecule has 58 valence electrons. The third kappa shape index (κ3) is 3.81. The van der Waals surface area contributed by atoms with Crippen molar-refractivity contribution in [3.05, 3.63) is 0 Å². The third-order valence-electron chi connectivity index (χ3n) is 1.55. The minimum Gasteiger partial charge on any atom is -0.292 e. The molecule has 0 aromatic heterocycles. The molecule has 0 heterocycles. The molecular weight excluding hydrogens is 142 g/mol. The Balaban J connectivity index is 3.43. The Kier molecular flexibility index (Phi) is 5.57. The fourth-order valence-electron chi connectivity index (χ4n) is 0.556. The van der Waals surface area contributed by atoms with Crippen LogP contribution in [0.5, 0.6) is 0 Å². The average molecular weight is 157 g/mol. The van der Waals surface area contributed by atoms with Crippen LogP contribution in [0.4, 0.5) is 0 Å². The summed E-state index contributed by atoms with van der Waals surface area (Å²) in [4.78, 5) is 2.18. The van der Waals surface area contributed by atoms with Gasteiger partial charge in [-0.25, -0.2) is 0 Å². The van der Waals surface area contributed by atoms with Gasteiger partial charge in [-0.2, -0.15) is 11.8 Å². The molecule has 0 N–H and O–H groups in total. The number of hydrogen-bond donors (Lipinski definition) is 0. The summed E-state index contributed by atoms with van der Waals surface area (Å²) >= 11 is 1.85. The van der Waals surface area contributed by atoms with Gasteiger partial charge in [0, 0.05) is 12.3 Å². The molecule has 0 fully saturated rings. The number of nitrogens with zero attached hydrogens (tertiary/aromatic N) is 1. The predicted molar refractivity (Wildman–Crippen MR) is 49.3 cm³/mol. The first kappa shape index (κ1) is 9.87. The minimum absolute atomic E-state index is 0.271. The van der Waals surface area contributed by atoms with Crippen LogP contribution in [-0.2, 0) is 0 Å². The van der Waals surface area contributed by atoms with E-state index in [0.717, 1.165) is 12.3 Å². The van der Waals surface area contributed by atoms with E-state index in [1.165, 1.54) is 0 Å². The van der Waals surface area contributed by atoms with E-state index in [4.69, 9.17) is 6.42 Å². The third-order valence-corrected chi connectivity index (χ3v) is 2.14. The lowest BCUT2D eigenvalue weighted by Gasteiger charge is -2.18. The van der Waals surface area contributed by atoms with Crippen molar-refractivity contribution < 1.29 is 0 Å². The van der Waals surface area contributed by atoms with Crippen molar-refractivity contribution in [1.82, 2.24) is 4.90 Å². The van der Waals surface area contributed by atoms with E-state index >= 15 is 0 Å². The molecule has 0 radical (unpaired) electrons. The number of rotatable bonds is 4. The first-order valence-corrected chi connectivity index (χ1v) is 4.77. The van der Waals surface area contributed by atoms with Crippen LogP contribution in [0, 0.1) is 12.3 Å². The Labute approximate surface area is 68.2 Å². The Morgan fingerprint density at radius 3 is 2.70 bits per heavy atom. The van der Waals surface area contributed by atoms with Gasteiger partial charge in [-0.05, 0) is 20.2 Å². The lowest BCUT2D eigenvalue weighted by molar-refractivity contribution is 0.324. The van der Waals surface area contributed by atoms with Crippen LogP contribution >= 0.6 is 11.8 Å². The van der Waals surface area contributed by atoms with Gasteiger partial charge in [0.2, 0.25) is 0 Å². The van der Waals surface area contributed by atoms with E-state index in [2.05, 4.69) is 24.1 Å². The van der Waals surface area contributed by atoms with Gasteiger partial charge in [-0.15, -0.1) is 6.42 Å². The molecule has 0 spiro atoms. The van der Waals surface area contributed by atoms with Crippen molar-refractivity contribution in [3.63, 3.8) is 0 Å². The molecule has 10 heavy (non-hydrogen) atoms. The molecule has 0 saturated heterocycles. The molecule has 1 atom stereocenters. The summed E-state index contributed by atoms with van der Waals surface area (Å²) in [5, 5.41) is 0. The molecule has 0 aromatic rings. The van der Waals surface area contributed by atoms with E-state index in [0.29, 0.717) is 0 Å². The predicted octanol–water partition coefficient (Wildman–Crippen LogP) is 1.30. The summed E-state index contributed by atoms with van der Waals surface area (Å²) in [5.41, 5.74) is 0. The summed E-state index contributed by atoms with van der Waals surface area (Å²) in [6.07, 6.45) is 7.35. The molecule has 1 nitrogen and oxygen atoms in total. The molecule has 0 aliphatic carbocycles. The van der Waals surface area contributed by atoms with Gasteiger partial charge in [0.05, 0.1) is 6.04 Å². The smallest absolute Gasteiger partial charge is 0.0681 e. The van der Waals surface area contributed by atoms with E-state index in [1.54, 1.807) is 0 Å². The summed E-state index contributed by atoms with van der Waals surface area (Å²) in [6, 6.07) is 0.271. The van der Waals surface area contributed by atoms with E-state index in [9.17, 15) is 0 Å². The highest BCUT2D eigenvalue weighted by molar-refractivity contribution is 7.98. The highest BCUT2D eigenvalue weighted by Crippen LogP contribution is 1.97. The average Bonchev–Trinajstić information content (AvgIpc) is 1.98. The van der Waals surface area contributed by atoms with Gasteiger partial charge >= 0.3 is 0 Å². The maximum Gasteiger partial charge on any atom is 0.0681 e. The van der Waals surface area contributed by atoms with Gasteiger partial charge in [0.15, 0.2) is 0 Å². The summed E-state index contributed by atoms with van der Waals surface area (Å²) in [7, 11) is 2.06. The fourth-order valence-corrected chi connectivity index (χ4v) is 1.03. The Hall–Kier alpha value is -0.130. The topological polar surface area (TPSA) is 3.24 Å². The van der Waals surface area contributed by atoms with E-state index < -0.39 is 0 Å². The van der Waals surface area contributed by atoms with Crippen molar-refractivity contribution in [2.75, 3.05) is 25.6 Å². The normalized spacial score (nSPS) is 13.1. The molecule has 0 bridgehead atoms. The Morgan fingerprint density at radius 1 is 1.70 bits per heavy atom. The molecule has 2 heteroatoms. The zero-order chi connectivity index (χ0) is 7.98. The van der Waals surface area contributed by atoms with Gasteiger partial charge in [0.1, 0.15) is 0 Å². The van der Waals surface area contributed by atoms with Gasteiger partial charge < -0.3 is 0 Å². The number of thioether (sulfide) groups is 1. The first-order chi connectivity index (χ1) is 4.72. The van der Waals surface area contributed by atoms with Gasteiger partial charge in [-0.1, -0.05) is 5.92 Å². The first-order valence-electron chi connectivity index (χ1n) is 3.37. The highest BCUT2D eigenvalue weighted by atomic mass is 32.2. The van der Waals surface area contributed by atoms with Crippen LogP contribution < -0.4 is 0 Å². The lowest BCUT2D eigenvalue weighted by atomic mass is 10.3. The maximum atomic E-state index is 5.25. The largest absolute Gasteiger partial charge is 0.292 e. The molecule has 0 aromatic carbocycles. The molecule has 0 aliphatic rings. The highest BCUT2D eigenvalue weighted by Gasteiger charge is 2.02. The second-order valence-electron chi connectivity index (χ2n) is 2.32. The van der Waals surface area contributed by atoms with Crippen LogP contribution in [0.15, 0.2) is 0 Å². The number of terminal acetylenes is 1. The fraction of sp³-hybridized carbons (Fsp3) is 0.750. The molecule has 0 amide bonds. The van der Waals surface area contributed by atoms with Crippen LogP contribution in [0.1, 0.15) is 6.92 Å². The zero-order valence-corrected chi connectivity index (χ0v) is 7.74. The summed E-state index contributed by atoms with van der Waals surface area (Å²) in [6.45, 7) is 3.12. The van der Waals surface area contributed by atoms with Crippen molar-refractivity contribution in [3.8, 4) is 12.3 Å². The second kappa shape index (κ2) is 5.64. The summed E-state index contributed by atoms with van der Waals surface area (Å²) in [5.74, 6) is 3.85. The van der Waals surface area contributed by atoms with Crippen molar-refractivity contribution in [2.45, 2.75) is 13.0 Å². The minimum atomic E-state index is 0.271. The maximum absolute atomic E-state index is 5.25. The molecule has 1 unspecified atom stereocenters.